The lowest BCUT2D eigenvalue weighted by atomic mass is 10.1. The van der Waals surface area contributed by atoms with Crippen LogP contribution in [-0.2, 0) is 22.6 Å². The third-order valence-corrected chi connectivity index (χ3v) is 4.83. The second kappa shape index (κ2) is 12.9. The van der Waals surface area contributed by atoms with Crippen LogP contribution in [0.3, 0.4) is 0 Å². The molecule has 3 N–H and O–H groups in total. The molecule has 2 rings (SSSR count). The van der Waals surface area contributed by atoms with E-state index >= 15 is 0 Å². The molecule has 0 aliphatic carbocycles. The van der Waals surface area contributed by atoms with Crippen molar-refractivity contribution in [3.8, 4) is 5.75 Å². The summed E-state index contributed by atoms with van der Waals surface area (Å²) in [7, 11) is 1.63. The summed E-state index contributed by atoms with van der Waals surface area (Å²) in [6.45, 7) is 4.73. The largest absolute Gasteiger partial charge is 0.497 e. The summed E-state index contributed by atoms with van der Waals surface area (Å²) in [5.74, 6) is 0.380. The number of carbonyl (C=O) groups is 2. The number of rotatable bonds is 10. The average Bonchev–Trinajstić information content (AvgIpc) is 2.75. The van der Waals surface area contributed by atoms with Crippen LogP contribution in [0.15, 0.2) is 54.6 Å². The van der Waals surface area contributed by atoms with E-state index in [0.29, 0.717) is 19.5 Å². The molecule has 2 aromatic carbocycles. The molecule has 0 bridgehead atoms. The fourth-order valence-corrected chi connectivity index (χ4v) is 2.85. The van der Waals surface area contributed by atoms with E-state index in [0.717, 1.165) is 16.9 Å². The van der Waals surface area contributed by atoms with Crippen molar-refractivity contribution in [2.75, 3.05) is 20.2 Å². The Morgan fingerprint density at radius 2 is 1.67 bits per heavy atom. The van der Waals surface area contributed by atoms with Gasteiger partial charge in [-0.1, -0.05) is 56.3 Å². The fraction of sp³-hybridized carbons (Fsp3) is 0.391. The van der Waals surface area contributed by atoms with Gasteiger partial charge in [0.25, 0.3) is 0 Å². The lowest BCUT2D eigenvalue weighted by molar-refractivity contribution is -0.133. The monoisotopic (exact) mass is 433 g/mol. The normalized spacial score (nSPS) is 11.4. The van der Waals surface area contributed by atoms with Crippen molar-refractivity contribution in [2.24, 2.45) is 11.7 Å². The van der Waals surface area contributed by atoms with Crippen molar-refractivity contribution < 1.29 is 14.3 Å². The zero-order valence-corrected chi connectivity index (χ0v) is 18.7. The first-order valence-electron chi connectivity index (χ1n) is 9.88. The van der Waals surface area contributed by atoms with Gasteiger partial charge in [-0.25, -0.2) is 0 Å². The molecule has 0 radical (unpaired) electrons. The highest BCUT2D eigenvalue weighted by Crippen LogP contribution is 2.13. The van der Waals surface area contributed by atoms with Crippen LogP contribution in [0.2, 0.25) is 0 Å². The standard InChI is InChI=1S/C23H31N3O3.ClH/c1-17(2)22(24)23(28)25-15-21(27)26(16-19-7-5-4-6-8-19)14-13-18-9-11-20(29-3)12-10-18;/h4-12,17,22H,13-16,24H2,1-3H3,(H,25,28);1H/t22-;/m0./s1. The van der Waals surface area contributed by atoms with Crippen molar-refractivity contribution in [1.29, 1.82) is 0 Å². The molecular weight excluding hydrogens is 402 g/mol. The van der Waals surface area contributed by atoms with Gasteiger partial charge in [-0.15, -0.1) is 12.4 Å². The smallest absolute Gasteiger partial charge is 0.242 e. The Hall–Kier alpha value is -2.57. The van der Waals surface area contributed by atoms with Gasteiger partial charge in [0, 0.05) is 13.1 Å². The van der Waals surface area contributed by atoms with E-state index in [-0.39, 0.29) is 36.7 Å². The third kappa shape index (κ3) is 8.05. The Bertz CT molecular complexity index is 782. The maximum absolute atomic E-state index is 12.8. The Balaban J connectivity index is 0.00000450. The molecule has 0 spiro atoms. The Morgan fingerprint density at radius 3 is 2.23 bits per heavy atom. The van der Waals surface area contributed by atoms with Gasteiger partial charge in [0.05, 0.1) is 19.7 Å². The molecule has 2 aromatic rings. The van der Waals surface area contributed by atoms with E-state index in [4.69, 9.17) is 10.5 Å². The van der Waals surface area contributed by atoms with Crippen molar-refractivity contribution in [3.63, 3.8) is 0 Å². The highest BCUT2D eigenvalue weighted by atomic mass is 35.5. The molecule has 164 valence electrons. The van der Waals surface area contributed by atoms with E-state index < -0.39 is 6.04 Å². The topological polar surface area (TPSA) is 84.7 Å². The molecule has 0 saturated heterocycles. The molecule has 1 atom stereocenters. The molecule has 0 aromatic heterocycles. The highest BCUT2D eigenvalue weighted by molar-refractivity contribution is 5.87. The molecule has 0 fully saturated rings. The Labute approximate surface area is 185 Å². The first-order valence-corrected chi connectivity index (χ1v) is 9.88. The molecule has 0 aliphatic rings. The SMILES string of the molecule is COc1ccc(CCN(Cc2ccccc2)C(=O)CNC(=O)[C@@H](N)C(C)C)cc1.Cl. The summed E-state index contributed by atoms with van der Waals surface area (Å²) in [5.41, 5.74) is 8.01. The van der Waals surface area contributed by atoms with Crippen LogP contribution in [0, 0.1) is 5.92 Å². The molecule has 7 heteroatoms. The number of nitrogens with one attached hydrogen (secondary N) is 1. The summed E-state index contributed by atoms with van der Waals surface area (Å²) in [5, 5.41) is 2.67. The first kappa shape index (κ1) is 25.5. The van der Waals surface area contributed by atoms with Crippen LogP contribution >= 0.6 is 12.4 Å². The fourth-order valence-electron chi connectivity index (χ4n) is 2.85. The molecule has 6 nitrogen and oxygen atoms in total. The third-order valence-electron chi connectivity index (χ3n) is 4.83. The number of halogens is 1. The van der Waals surface area contributed by atoms with Crippen molar-refractivity contribution in [3.05, 3.63) is 65.7 Å². The van der Waals surface area contributed by atoms with Gasteiger partial charge in [0.1, 0.15) is 5.75 Å². The van der Waals surface area contributed by atoms with Gasteiger partial charge in [-0.3, -0.25) is 9.59 Å². The minimum atomic E-state index is -0.621. The van der Waals surface area contributed by atoms with Crippen LogP contribution in [-0.4, -0.2) is 43.0 Å². The number of ether oxygens (including phenoxy) is 1. The minimum absolute atomic E-state index is 0. The lowest BCUT2D eigenvalue weighted by Gasteiger charge is -2.24. The minimum Gasteiger partial charge on any atom is -0.497 e. The summed E-state index contributed by atoms with van der Waals surface area (Å²) in [4.78, 5) is 26.7. The zero-order valence-electron chi connectivity index (χ0n) is 17.8. The summed E-state index contributed by atoms with van der Waals surface area (Å²) in [6.07, 6.45) is 0.710. The maximum atomic E-state index is 12.8. The van der Waals surface area contributed by atoms with E-state index in [1.54, 1.807) is 12.0 Å². The van der Waals surface area contributed by atoms with Gasteiger partial charge >= 0.3 is 0 Å². The molecule has 0 saturated carbocycles. The second-order valence-electron chi connectivity index (χ2n) is 7.39. The number of hydrogen-bond donors (Lipinski definition) is 2. The van der Waals surface area contributed by atoms with E-state index in [2.05, 4.69) is 5.32 Å². The number of hydrogen-bond acceptors (Lipinski definition) is 4. The van der Waals surface area contributed by atoms with E-state index in [1.807, 2.05) is 68.4 Å². The van der Waals surface area contributed by atoms with Gasteiger partial charge in [-0.2, -0.15) is 0 Å². The summed E-state index contributed by atoms with van der Waals surface area (Å²) >= 11 is 0. The maximum Gasteiger partial charge on any atom is 0.242 e. The average molecular weight is 434 g/mol. The molecule has 2 amide bonds. The van der Waals surface area contributed by atoms with Crippen molar-refractivity contribution in [2.45, 2.75) is 32.9 Å². The number of methoxy groups -OCH3 is 1. The molecule has 0 heterocycles. The lowest BCUT2D eigenvalue weighted by Crippen LogP contribution is -2.48. The molecule has 0 unspecified atom stereocenters. The second-order valence-corrected chi connectivity index (χ2v) is 7.39. The van der Waals surface area contributed by atoms with Crippen LogP contribution in [0.1, 0.15) is 25.0 Å². The summed E-state index contributed by atoms with van der Waals surface area (Å²) in [6, 6.07) is 17.0. The number of amides is 2. The van der Waals surface area contributed by atoms with Crippen LogP contribution in [0.4, 0.5) is 0 Å². The Morgan fingerprint density at radius 1 is 1.03 bits per heavy atom. The van der Waals surface area contributed by atoms with Crippen LogP contribution in [0.5, 0.6) is 5.75 Å². The predicted molar refractivity (Wildman–Crippen MR) is 122 cm³/mol. The quantitative estimate of drug-likeness (QED) is 0.603. The summed E-state index contributed by atoms with van der Waals surface area (Å²) < 4.78 is 5.19. The van der Waals surface area contributed by atoms with E-state index in [1.165, 1.54) is 0 Å². The van der Waals surface area contributed by atoms with Gasteiger partial charge in [0.2, 0.25) is 11.8 Å². The first-order chi connectivity index (χ1) is 13.9. The molecule has 30 heavy (non-hydrogen) atoms. The van der Waals surface area contributed by atoms with Crippen LogP contribution in [0.25, 0.3) is 0 Å². The zero-order chi connectivity index (χ0) is 21.2. The van der Waals surface area contributed by atoms with Gasteiger partial charge in [-0.05, 0) is 35.6 Å². The number of carbonyl (C=O) groups excluding carboxylic acids is 2. The van der Waals surface area contributed by atoms with Gasteiger partial charge in [0.15, 0.2) is 0 Å². The van der Waals surface area contributed by atoms with Crippen LogP contribution < -0.4 is 15.8 Å². The van der Waals surface area contributed by atoms with Crippen molar-refractivity contribution >= 4 is 24.2 Å². The number of nitrogens with two attached hydrogens (primary N) is 1. The predicted octanol–water partition coefficient (Wildman–Crippen LogP) is 2.79. The Kier molecular flexibility index (Phi) is 10.9. The number of benzene rings is 2. The van der Waals surface area contributed by atoms with Gasteiger partial charge < -0.3 is 20.7 Å². The highest BCUT2D eigenvalue weighted by Gasteiger charge is 2.20. The van der Waals surface area contributed by atoms with Crippen molar-refractivity contribution in [1.82, 2.24) is 10.2 Å². The van der Waals surface area contributed by atoms with E-state index in [9.17, 15) is 9.59 Å². The number of nitrogens with zero attached hydrogens (tertiary/aromatic N) is 1. The molecule has 0 aliphatic heterocycles. The molecular formula is C23H32ClN3O3.